The van der Waals surface area contributed by atoms with Gasteiger partial charge in [-0.15, -0.1) is 0 Å². The molecule has 2 aliphatic rings. The van der Waals surface area contributed by atoms with Crippen LogP contribution in [0.4, 0.5) is 0 Å². The van der Waals surface area contributed by atoms with Crippen molar-refractivity contribution in [2.24, 2.45) is 0 Å². The molecular weight excluding hydrogens is 314 g/mol. The van der Waals surface area contributed by atoms with Crippen molar-refractivity contribution in [3.63, 3.8) is 0 Å². The van der Waals surface area contributed by atoms with Gasteiger partial charge in [0.2, 0.25) is 5.91 Å². The molecular formula is C19H27N5O. The van der Waals surface area contributed by atoms with Gasteiger partial charge in [-0.25, -0.2) is 4.98 Å². The van der Waals surface area contributed by atoms with Crippen molar-refractivity contribution in [2.45, 2.75) is 25.2 Å². The predicted octanol–water partition coefficient (Wildman–Crippen LogP) is 1.56. The maximum Gasteiger partial charge on any atom is 0.223 e. The summed E-state index contributed by atoms with van der Waals surface area (Å²) in [5.41, 5.74) is 2.39. The van der Waals surface area contributed by atoms with Crippen LogP contribution in [-0.4, -0.2) is 71.5 Å². The zero-order chi connectivity index (χ0) is 17.1. The number of hydrogen-bond acceptors (Lipinski definition) is 4. The summed E-state index contributed by atoms with van der Waals surface area (Å²) in [6.45, 7) is 6.61. The highest BCUT2D eigenvalue weighted by Gasteiger charge is 2.24. The van der Waals surface area contributed by atoms with Crippen LogP contribution >= 0.6 is 0 Å². The van der Waals surface area contributed by atoms with E-state index < -0.39 is 0 Å². The number of carbonyl (C=O) groups excluding carboxylic acids is 1. The second kappa shape index (κ2) is 7.54. The first-order chi connectivity index (χ1) is 12.3. The van der Waals surface area contributed by atoms with Gasteiger partial charge in [0.25, 0.3) is 0 Å². The Morgan fingerprint density at radius 2 is 2.00 bits per heavy atom. The van der Waals surface area contributed by atoms with E-state index in [-0.39, 0.29) is 0 Å². The minimum atomic E-state index is 0.311. The highest BCUT2D eigenvalue weighted by molar-refractivity contribution is 5.80. The van der Waals surface area contributed by atoms with Gasteiger partial charge < -0.3 is 20.1 Å². The molecule has 2 aromatic rings. The van der Waals surface area contributed by atoms with Crippen molar-refractivity contribution >= 4 is 16.9 Å². The highest BCUT2D eigenvalue weighted by atomic mass is 16.2. The van der Waals surface area contributed by atoms with Crippen LogP contribution < -0.4 is 5.32 Å². The van der Waals surface area contributed by atoms with Crippen molar-refractivity contribution in [3.8, 4) is 0 Å². The molecule has 2 aliphatic heterocycles. The first-order valence-corrected chi connectivity index (χ1v) is 9.44. The van der Waals surface area contributed by atoms with Gasteiger partial charge in [-0.1, -0.05) is 0 Å². The zero-order valence-corrected chi connectivity index (χ0v) is 14.7. The van der Waals surface area contributed by atoms with Gasteiger partial charge in [0.15, 0.2) is 0 Å². The zero-order valence-electron chi connectivity index (χ0n) is 14.7. The van der Waals surface area contributed by atoms with E-state index in [4.69, 9.17) is 0 Å². The summed E-state index contributed by atoms with van der Waals surface area (Å²) < 4.78 is 0. The molecule has 0 spiro atoms. The summed E-state index contributed by atoms with van der Waals surface area (Å²) in [6, 6.07) is 4.17. The van der Waals surface area contributed by atoms with Crippen molar-refractivity contribution in [3.05, 3.63) is 30.1 Å². The molecule has 0 radical (unpaired) electrons. The first kappa shape index (κ1) is 16.5. The topological polar surface area (TPSA) is 64.3 Å². The third-order valence-corrected chi connectivity index (χ3v) is 5.62. The van der Waals surface area contributed by atoms with Crippen LogP contribution in [0, 0.1) is 0 Å². The molecule has 2 N–H and O–H groups in total. The molecule has 4 heterocycles. The summed E-state index contributed by atoms with van der Waals surface area (Å²) in [6.07, 6.45) is 6.93. The summed E-state index contributed by atoms with van der Waals surface area (Å²) in [5.74, 6) is 0.907. The standard InChI is InChI=1S/C19H27N5O/c25-18(24-12-7-20-8-13-24)5-11-23-9-3-15(4-10-23)17-14-22-19-16(17)2-1-6-21-19/h1-2,6,14-15,20H,3-5,7-13H2,(H,21,22). The van der Waals surface area contributed by atoms with E-state index in [1.54, 1.807) is 0 Å². The number of nitrogens with one attached hydrogen (secondary N) is 2. The Morgan fingerprint density at radius 1 is 1.20 bits per heavy atom. The van der Waals surface area contributed by atoms with Crippen LogP contribution in [0.15, 0.2) is 24.5 Å². The van der Waals surface area contributed by atoms with Crippen LogP contribution in [0.5, 0.6) is 0 Å². The van der Waals surface area contributed by atoms with Crippen molar-refractivity contribution in [2.75, 3.05) is 45.8 Å². The lowest BCUT2D eigenvalue weighted by Gasteiger charge is -2.33. The molecule has 25 heavy (non-hydrogen) atoms. The molecule has 2 saturated heterocycles. The SMILES string of the molecule is O=C(CCN1CCC(c2c[nH]c3ncccc23)CC1)N1CCNCC1. The number of fused-ring (bicyclic) bond motifs is 1. The Bertz CT molecular complexity index is 713. The number of piperidine rings is 1. The molecule has 6 heteroatoms. The minimum Gasteiger partial charge on any atom is -0.346 e. The van der Waals surface area contributed by atoms with Crippen LogP contribution in [0.25, 0.3) is 11.0 Å². The van der Waals surface area contributed by atoms with E-state index in [2.05, 4.69) is 32.4 Å². The van der Waals surface area contributed by atoms with Crippen molar-refractivity contribution < 1.29 is 4.79 Å². The molecule has 4 rings (SSSR count). The number of pyridine rings is 1. The molecule has 0 atom stereocenters. The van der Waals surface area contributed by atoms with Gasteiger partial charge in [-0.3, -0.25) is 4.79 Å². The maximum atomic E-state index is 12.3. The van der Waals surface area contributed by atoms with Crippen LogP contribution in [0.3, 0.4) is 0 Å². The third kappa shape index (κ3) is 3.70. The number of aromatic nitrogens is 2. The van der Waals surface area contributed by atoms with E-state index in [0.29, 0.717) is 18.2 Å². The number of likely N-dealkylation sites (tertiary alicyclic amines) is 1. The number of carbonyl (C=O) groups is 1. The van der Waals surface area contributed by atoms with Gasteiger partial charge in [-0.05, 0) is 49.5 Å². The average molecular weight is 341 g/mol. The second-order valence-corrected chi connectivity index (χ2v) is 7.14. The van der Waals surface area contributed by atoms with Gasteiger partial charge in [-0.2, -0.15) is 0 Å². The summed E-state index contributed by atoms with van der Waals surface area (Å²) in [5, 5.41) is 4.55. The smallest absolute Gasteiger partial charge is 0.223 e. The van der Waals surface area contributed by atoms with Gasteiger partial charge in [0.1, 0.15) is 5.65 Å². The number of aromatic amines is 1. The Labute approximate surface area is 148 Å². The lowest BCUT2D eigenvalue weighted by molar-refractivity contribution is -0.132. The number of amides is 1. The summed E-state index contributed by atoms with van der Waals surface area (Å²) in [4.78, 5) is 24.4. The molecule has 0 aliphatic carbocycles. The Kier molecular flexibility index (Phi) is 4.99. The van der Waals surface area contributed by atoms with Crippen LogP contribution in [0.1, 0.15) is 30.7 Å². The molecule has 6 nitrogen and oxygen atoms in total. The molecule has 2 fully saturated rings. The van der Waals surface area contributed by atoms with Crippen LogP contribution in [-0.2, 0) is 4.79 Å². The maximum absolute atomic E-state index is 12.3. The quantitative estimate of drug-likeness (QED) is 0.886. The van der Waals surface area contributed by atoms with E-state index in [0.717, 1.165) is 64.3 Å². The molecule has 134 valence electrons. The first-order valence-electron chi connectivity index (χ1n) is 9.44. The molecule has 1 amide bonds. The number of H-pyrrole nitrogens is 1. The van der Waals surface area contributed by atoms with E-state index >= 15 is 0 Å². The fraction of sp³-hybridized carbons (Fsp3) is 0.579. The van der Waals surface area contributed by atoms with Gasteiger partial charge in [0.05, 0.1) is 0 Å². The fourth-order valence-electron chi connectivity index (χ4n) is 4.11. The lowest BCUT2D eigenvalue weighted by atomic mass is 9.89. The van der Waals surface area contributed by atoms with E-state index in [1.165, 1.54) is 10.9 Å². The highest BCUT2D eigenvalue weighted by Crippen LogP contribution is 2.32. The summed E-state index contributed by atoms with van der Waals surface area (Å²) in [7, 11) is 0. The molecule has 0 unspecified atom stereocenters. The van der Waals surface area contributed by atoms with Gasteiger partial charge in [0, 0.05) is 56.9 Å². The predicted molar refractivity (Wildman–Crippen MR) is 98.6 cm³/mol. The van der Waals surface area contributed by atoms with Gasteiger partial charge >= 0.3 is 0 Å². The number of rotatable bonds is 4. The van der Waals surface area contributed by atoms with E-state index in [9.17, 15) is 4.79 Å². The normalized spacial score (nSPS) is 20.2. The Hall–Kier alpha value is -1.92. The van der Waals surface area contributed by atoms with Crippen molar-refractivity contribution in [1.82, 2.24) is 25.1 Å². The largest absolute Gasteiger partial charge is 0.346 e. The second-order valence-electron chi connectivity index (χ2n) is 7.14. The molecule has 0 aromatic carbocycles. The number of piperazine rings is 1. The van der Waals surface area contributed by atoms with Crippen molar-refractivity contribution in [1.29, 1.82) is 0 Å². The number of hydrogen-bond donors (Lipinski definition) is 2. The van der Waals surface area contributed by atoms with Crippen LogP contribution in [0.2, 0.25) is 0 Å². The number of nitrogens with zero attached hydrogens (tertiary/aromatic N) is 3. The summed E-state index contributed by atoms with van der Waals surface area (Å²) >= 11 is 0. The molecule has 0 saturated carbocycles. The van der Waals surface area contributed by atoms with E-state index in [1.807, 2.05) is 17.2 Å². The molecule has 0 bridgehead atoms. The lowest BCUT2D eigenvalue weighted by Crippen LogP contribution is -2.47. The minimum absolute atomic E-state index is 0.311. The third-order valence-electron chi connectivity index (χ3n) is 5.62. The monoisotopic (exact) mass is 341 g/mol. The Morgan fingerprint density at radius 3 is 2.80 bits per heavy atom. The fourth-order valence-corrected chi connectivity index (χ4v) is 4.11. The average Bonchev–Trinajstić information content (AvgIpc) is 3.11. The Balaban J connectivity index is 1.27. The molecule has 2 aromatic heterocycles.